The molecule has 0 saturated heterocycles. The lowest BCUT2D eigenvalue weighted by atomic mass is 9.97. The molecule has 0 amide bonds. The molecule has 1 aromatic carbocycles. The molecule has 0 aliphatic heterocycles. The SMILES string of the molecule is CC1CCC(C#N)(Nc2ccccc2F)C1. The molecule has 1 aliphatic carbocycles. The van der Waals surface area contributed by atoms with Gasteiger partial charge in [0.15, 0.2) is 0 Å². The number of hydrogen-bond acceptors (Lipinski definition) is 2. The van der Waals surface area contributed by atoms with Gasteiger partial charge in [0.1, 0.15) is 11.4 Å². The molecule has 1 aliphatic rings. The second-order valence-corrected chi connectivity index (χ2v) is 4.65. The first kappa shape index (κ1) is 10.9. The van der Waals surface area contributed by atoms with Gasteiger partial charge in [-0.25, -0.2) is 4.39 Å². The summed E-state index contributed by atoms with van der Waals surface area (Å²) in [5, 5.41) is 12.3. The van der Waals surface area contributed by atoms with E-state index in [1.807, 2.05) is 0 Å². The van der Waals surface area contributed by atoms with E-state index in [2.05, 4.69) is 18.3 Å². The molecule has 2 rings (SSSR count). The van der Waals surface area contributed by atoms with Crippen molar-refractivity contribution in [2.45, 2.75) is 31.7 Å². The fourth-order valence-corrected chi connectivity index (χ4v) is 2.36. The van der Waals surface area contributed by atoms with Crippen molar-refractivity contribution in [3.05, 3.63) is 30.1 Å². The van der Waals surface area contributed by atoms with Crippen LogP contribution in [0.25, 0.3) is 0 Å². The number of nitriles is 1. The maximum atomic E-state index is 13.5. The van der Waals surface area contributed by atoms with E-state index in [4.69, 9.17) is 0 Å². The normalized spacial score (nSPS) is 28.7. The molecule has 1 aromatic rings. The maximum Gasteiger partial charge on any atom is 0.146 e. The summed E-state index contributed by atoms with van der Waals surface area (Å²) in [5.74, 6) is 0.232. The van der Waals surface area contributed by atoms with Crippen LogP contribution in [0, 0.1) is 23.1 Å². The van der Waals surface area contributed by atoms with Gasteiger partial charge in [-0.05, 0) is 37.3 Å². The minimum Gasteiger partial charge on any atom is -0.365 e. The summed E-state index contributed by atoms with van der Waals surface area (Å²) in [4.78, 5) is 0. The number of nitrogens with zero attached hydrogens (tertiary/aromatic N) is 1. The fourth-order valence-electron chi connectivity index (χ4n) is 2.36. The van der Waals surface area contributed by atoms with E-state index < -0.39 is 5.54 Å². The zero-order chi connectivity index (χ0) is 11.6. The van der Waals surface area contributed by atoms with Crippen LogP contribution in [-0.2, 0) is 0 Å². The number of nitrogens with one attached hydrogen (secondary N) is 1. The third-order valence-corrected chi connectivity index (χ3v) is 3.22. The van der Waals surface area contributed by atoms with Crippen molar-refractivity contribution in [2.24, 2.45) is 5.92 Å². The van der Waals surface area contributed by atoms with Crippen molar-refractivity contribution in [1.82, 2.24) is 0 Å². The van der Waals surface area contributed by atoms with Gasteiger partial charge in [0.25, 0.3) is 0 Å². The second kappa shape index (κ2) is 4.13. The van der Waals surface area contributed by atoms with Gasteiger partial charge in [0, 0.05) is 0 Å². The van der Waals surface area contributed by atoms with Gasteiger partial charge in [0.05, 0.1) is 11.8 Å². The monoisotopic (exact) mass is 218 g/mol. The van der Waals surface area contributed by atoms with E-state index in [1.165, 1.54) is 6.07 Å². The highest BCUT2D eigenvalue weighted by molar-refractivity contribution is 5.49. The predicted octanol–water partition coefficient (Wildman–Crippen LogP) is 3.32. The largest absolute Gasteiger partial charge is 0.365 e. The summed E-state index contributed by atoms with van der Waals surface area (Å²) in [6.07, 6.45) is 2.60. The van der Waals surface area contributed by atoms with Crippen molar-refractivity contribution in [1.29, 1.82) is 5.26 Å². The van der Waals surface area contributed by atoms with Crippen LogP contribution in [-0.4, -0.2) is 5.54 Å². The molecule has 1 N–H and O–H groups in total. The average Bonchev–Trinajstić information content (AvgIpc) is 2.65. The zero-order valence-electron chi connectivity index (χ0n) is 9.33. The molecule has 0 spiro atoms. The summed E-state index contributed by atoms with van der Waals surface area (Å²) in [5.41, 5.74) is -0.153. The molecular formula is C13H15FN2. The van der Waals surface area contributed by atoms with Crippen LogP contribution in [0.2, 0.25) is 0 Å². The Morgan fingerprint density at radius 1 is 1.50 bits per heavy atom. The number of benzene rings is 1. The smallest absolute Gasteiger partial charge is 0.146 e. The Morgan fingerprint density at radius 3 is 2.81 bits per heavy atom. The number of para-hydroxylation sites is 1. The Hall–Kier alpha value is -1.56. The molecule has 2 nitrogen and oxygen atoms in total. The molecule has 1 fully saturated rings. The lowest BCUT2D eigenvalue weighted by Crippen LogP contribution is -2.33. The Labute approximate surface area is 95.1 Å². The predicted molar refractivity (Wildman–Crippen MR) is 61.4 cm³/mol. The Bertz CT molecular complexity index is 424. The highest BCUT2D eigenvalue weighted by atomic mass is 19.1. The molecular weight excluding hydrogens is 203 g/mol. The number of halogens is 1. The van der Waals surface area contributed by atoms with Gasteiger partial charge in [-0.1, -0.05) is 19.1 Å². The summed E-state index contributed by atoms with van der Waals surface area (Å²) in [7, 11) is 0. The maximum absolute atomic E-state index is 13.5. The first-order valence-corrected chi connectivity index (χ1v) is 5.59. The van der Waals surface area contributed by atoms with E-state index in [0.717, 1.165) is 19.3 Å². The third-order valence-electron chi connectivity index (χ3n) is 3.22. The van der Waals surface area contributed by atoms with E-state index in [-0.39, 0.29) is 5.82 Å². The van der Waals surface area contributed by atoms with Crippen LogP contribution in [0.5, 0.6) is 0 Å². The van der Waals surface area contributed by atoms with Crippen LogP contribution in [0.15, 0.2) is 24.3 Å². The number of hydrogen-bond donors (Lipinski definition) is 1. The molecule has 0 aromatic heterocycles. The lowest BCUT2D eigenvalue weighted by Gasteiger charge is -2.24. The molecule has 1 saturated carbocycles. The van der Waals surface area contributed by atoms with Gasteiger partial charge >= 0.3 is 0 Å². The molecule has 84 valence electrons. The molecule has 2 atom stereocenters. The molecule has 0 heterocycles. The minimum absolute atomic E-state index is 0.295. The third kappa shape index (κ3) is 2.01. The Kier molecular flexibility index (Phi) is 2.82. The first-order valence-electron chi connectivity index (χ1n) is 5.59. The van der Waals surface area contributed by atoms with Gasteiger partial charge in [0.2, 0.25) is 0 Å². The van der Waals surface area contributed by atoms with Crippen molar-refractivity contribution >= 4 is 5.69 Å². The van der Waals surface area contributed by atoms with Crippen LogP contribution in [0.3, 0.4) is 0 Å². The van der Waals surface area contributed by atoms with E-state index >= 15 is 0 Å². The van der Waals surface area contributed by atoms with Crippen LogP contribution < -0.4 is 5.32 Å². The summed E-state index contributed by atoms with van der Waals surface area (Å²) >= 11 is 0. The fraction of sp³-hybridized carbons (Fsp3) is 0.462. The van der Waals surface area contributed by atoms with Gasteiger partial charge < -0.3 is 5.32 Å². The molecule has 0 radical (unpaired) electrons. The van der Waals surface area contributed by atoms with Crippen molar-refractivity contribution < 1.29 is 4.39 Å². The van der Waals surface area contributed by atoms with E-state index in [1.54, 1.807) is 18.2 Å². The summed E-state index contributed by atoms with van der Waals surface area (Å²) in [6, 6.07) is 8.81. The minimum atomic E-state index is -0.582. The van der Waals surface area contributed by atoms with Crippen LogP contribution in [0.1, 0.15) is 26.2 Å². The van der Waals surface area contributed by atoms with Crippen LogP contribution in [0.4, 0.5) is 10.1 Å². The van der Waals surface area contributed by atoms with Gasteiger partial charge in [-0.3, -0.25) is 0 Å². The standard InChI is InChI=1S/C13H15FN2/c1-10-6-7-13(8-10,9-15)16-12-5-3-2-4-11(12)14/h2-5,10,16H,6-8H2,1H3. The average molecular weight is 218 g/mol. The molecule has 0 bridgehead atoms. The second-order valence-electron chi connectivity index (χ2n) is 4.65. The van der Waals surface area contributed by atoms with E-state index in [0.29, 0.717) is 11.6 Å². The highest BCUT2D eigenvalue weighted by Crippen LogP contribution is 2.36. The molecule has 3 heteroatoms. The van der Waals surface area contributed by atoms with Crippen molar-refractivity contribution in [3.8, 4) is 6.07 Å². The number of anilines is 1. The van der Waals surface area contributed by atoms with Gasteiger partial charge in [-0.2, -0.15) is 5.26 Å². The Balaban J connectivity index is 2.21. The summed E-state index contributed by atoms with van der Waals surface area (Å²) in [6.45, 7) is 2.13. The molecule has 2 unspecified atom stereocenters. The Morgan fingerprint density at radius 2 is 2.25 bits per heavy atom. The van der Waals surface area contributed by atoms with E-state index in [9.17, 15) is 9.65 Å². The van der Waals surface area contributed by atoms with Crippen molar-refractivity contribution in [3.63, 3.8) is 0 Å². The van der Waals surface area contributed by atoms with Crippen LogP contribution >= 0.6 is 0 Å². The molecule has 16 heavy (non-hydrogen) atoms. The first-order chi connectivity index (χ1) is 7.65. The topological polar surface area (TPSA) is 35.8 Å². The summed E-state index contributed by atoms with van der Waals surface area (Å²) < 4.78 is 13.5. The number of rotatable bonds is 2. The quantitative estimate of drug-likeness (QED) is 0.826. The highest BCUT2D eigenvalue weighted by Gasteiger charge is 2.37. The van der Waals surface area contributed by atoms with Crippen molar-refractivity contribution in [2.75, 3.05) is 5.32 Å². The van der Waals surface area contributed by atoms with Gasteiger partial charge in [-0.15, -0.1) is 0 Å². The zero-order valence-corrected chi connectivity index (χ0v) is 9.33. The lowest BCUT2D eigenvalue weighted by molar-refractivity contribution is 0.551.